The third-order valence-electron chi connectivity index (χ3n) is 3.93. The van der Waals surface area contributed by atoms with Crippen molar-refractivity contribution < 1.29 is 13.2 Å². The SMILES string of the molecule is CC(C)(CCC(F)(F)F)CC1CC1C(C)(C)C. The van der Waals surface area contributed by atoms with Crippen LogP contribution in [0.5, 0.6) is 0 Å². The molecule has 1 rings (SSSR count). The van der Waals surface area contributed by atoms with Crippen molar-refractivity contribution in [2.45, 2.75) is 66.5 Å². The molecule has 3 heteroatoms. The summed E-state index contributed by atoms with van der Waals surface area (Å²) in [6, 6.07) is 0. The quantitative estimate of drug-likeness (QED) is 0.624. The Morgan fingerprint density at radius 1 is 0.941 bits per heavy atom. The molecule has 0 aliphatic heterocycles. The Kier molecular flexibility index (Phi) is 3.91. The Labute approximate surface area is 103 Å². The van der Waals surface area contributed by atoms with Crippen LogP contribution >= 0.6 is 0 Å². The fourth-order valence-corrected chi connectivity index (χ4v) is 2.83. The summed E-state index contributed by atoms with van der Waals surface area (Å²) < 4.78 is 36.6. The lowest BCUT2D eigenvalue weighted by molar-refractivity contribution is -0.140. The van der Waals surface area contributed by atoms with Crippen LogP contribution in [0.3, 0.4) is 0 Å². The van der Waals surface area contributed by atoms with E-state index in [1.807, 2.05) is 13.8 Å². The zero-order valence-electron chi connectivity index (χ0n) is 11.6. The molecule has 2 atom stereocenters. The second kappa shape index (κ2) is 4.47. The van der Waals surface area contributed by atoms with Gasteiger partial charge in [-0.15, -0.1) is 0 Å². The first-order valence-corrected chi connectivity index (χ1v) is 6.47. The summed E-state index contributed by atoms with van der Waals surface area (Å²) in [5, 5.41) is 0. The van der Waals surface area contributed by atoms with Crippen molar-refractivity contribution in [2.24, 2.45) is 22.7 Å². The molecule has 0 heterocycles. The van der Waals surface area contributed by atoms with Gasteiger partial charge < -0.3 is 0 Å². The van der Waals surface area contributed by atoms with Gasteiger partial charge in [0.25, 0.3) is 0 Å². The van der Waals surface area contributed by atoms with Gasteiger partial charge >= 0.3 is 6.18 Å². The van der Waals surface area contributed by atoms with E-state index in [9.17, 15) is 13.2 Å². The summed E-state index contributed by atoms with van der Waals surface area (Å²) in [6.07, 6.45) is -2.27. The minimum atomic E-state index is -4.01. The van der Waals surface area contributed by atoms with Crippen LogP contribution in [-0.2, 0) is 0 Å². The molecule has 2 unspecified atom stereocenters. The van der Waals surface area contributed by atoms with E-state index in [1.165, 1.54) is 6.42 Å². The van der Waals surface area contributed by atoms with E-state index in [-0.39, 0.29) is 11.8 Å². The molecule has 0 bridgehead atoms. The zero-order chi connectivity index (χ0) is 13.5. The summed E-state index contributed by atoms with van der Waals surface area (Å²) in [6.45, 7) is 10.6. The van der Waals surface area contributed by atoms with Gasteiger partial charge in [-0.3, -0.25) is 0 Å². The maximum atomic E-state index is 12.2. The molecule has 1 aliphatic rings. The standard InChI is InChI=1S/C14H25F3/c1-12(2,3)11-8-10(11)9-13(4,5)6-7-14(15,16)17/h10-11H,6-9H2,1-5H3. The molecule has 0 N–H and O–H groups in total. The van der Waals surface area contributed by atoms with Gasteiger partial charge in [0, 0.05) is 6.42 Å². The third kappa shape index (κ3) is 5.31. The van der Waals surface area contributed by atoms with Gasteiger partial charge in [-0.2, -0.15) is 13.2 Å². The lowest BCUT2D eigenvalue weighted by atomic mass is 9.80. The summed E-state index contributed by atoms with van der Waals surface area (Å²) in [5.74, 6) is 1.34. The van der Waals surface area contributed by atoms with Gasteiger partial charge in [-0.05, 0) is 41.9 Å². The van der Waals surface area contributed by atoms with Crippen LogP contribution < -0.4 is 0 Å². The van der Waals surface area contributed by atoms with Crippen LogP contribution in [0.1, 0.15) is 60.3 Å². The largest absolute Gasteiger partial charge is 0.389 e. The van der Waals surface area contributed by atoms with Crippen LogP contribution in [0.25, 0.3) is 0 Å². The lowest BCUT2D eigenvalue weighted by Crippen LogP contribution is -2.19. The Morgan fingerprint density at radius 2 is 1.47 bits per heavy atom. The molecule has 0 saturated heterocycles. The van der Waals surface area contributed by atoms with E-state index in [1.54, 1.807) is 0 Å². The van der Waals surface area contributed by atoms with Crippen molar-refractivity contribution in [3.63, 3.8) is 0 Å². The highest BCUT2D eigenvalue weighted by atomic mass is 19.4. The van der Waals surface area contributed by atoms with Gasteiger partial charge in [0.15, 0.2) is 0 Å². The van der Waals surface area contributed by atoms with Crippen LogP contribution in [0.4, 0.5) is 13.2 Å². The topological polar surface area (TPSA) is 0 Å². The molecule has 102 valence electrons. The monoisotopic (exact) mass is 250 g/mol. The van der Waals surface area contributed by atoms with E-state index in [2.05, 4.69) is 20.8 Å². The fraction of sp³-hybridized carbons (Fsp3) is 1.00. The molecular weight excluding hydrogens is 225 g/mol. The number of alkyl halides is 3. The summed E-state index contributed by atoms with van der Waals surface area (Å²) in [7, 11) is 0. The molecule has 0 amide bonds. The van der Waals surface area contributed by atoms with Crippen molar-refractivity contribution in [1.29, 1.82) is 0 Å². The lowest BCUT2D eigenvalue weighted by Gasteiger charge is -2.27. The average molecular weight is 250 g/mol. The molecule has 0 spiro atoms. The van der Waals surface area contributed by atoms with Crippen molar-refractivity contribution in [1.82, 2.24) is 0 Å². The van der Waals surface area contributed by atoms with Crippen LogP contribution in [0.15, 0.2) is 0 Å². The van der Waals surface area contributed by atoms with Crippen LogP contribution in [0.2, 0.25) is 0 Å². The minimum absolute atomic E-state index is 0.180. The highest BCUT2D eigenvalue weighted by molar-refractivity contribution is 4.96. The molecule has 1 aliphatic carbocycles. The Morgan fingerprint density at radius 3 is 1.82 bits per heavy atom. The van der Waals surface area contributed by atoms with Gasteiger partial charge in [0.2, 0.25) is 0 Å². The molecule has 17 heavy (non-hydrogen) atoms. The van der Waals surface area contributed by atoms with Crippen molar-refractivity contribution >= 4 is 0 Å². The van der Waals surface area contributed by atoms with Gasteiger partial charge in [-0.1, -0.05) is 34.6 Å². The molecule has 1 fully saturated rings. The van der Waals surface area contributed by atoms with E-state index in [0.29, 0.717) is 17.3 Å². The van der Waals surface area contributed by atoms with Crippen molar-refractivity contribution in [2.75, 3.05) is 0 Å². The molecule has 0 aromatic carbocycles. The Bertz CT molecular complexity index is 258. The Hall–Kier alpha value is -0.210. The normalized spacial score (nSPS) is 26.1. The van der Waals surface area contributed by atoms with Crippen LogP contribution in [-0.4, -0.2) is 6.18 Å². The first kappa shape index (κ1) is 14.8. The second-order valence-electron chi connectivity index (χ2n) is 7.45. The number of hydrogen-bond donors (Lipinski definition) is 0. The average Bonchev–Trinajstić information content (AvgIpc) is 2.77. The molecule has 0 aromatic rings. The number of hydrogen-bond acceptors (Lipinski definition) is 0. The van der Waals surface area contributed by atoms with Crippen LogP contribution in [0, 0.1) is 22.7 Å². The molecule has 0 nitrogen and oxygen atoms in total. The predicted molar refractivity (Wildman–Crippen MR) is 64.7 cm³/mol. The summed E-state index contributed by atoms with van der Waals surface area (Å²) in [5.41, 5.74) is 0.130. The maximum absolute atomic E-state index is 12.2. The van der Waals surface area contributed by atoms with Crippen molar-refractivity contribution in [3.8, 4) is 0 Å². The van der Waals surface area contributed by atoms with E-state index in [0.717, 1.165) is 6.42 Å². The first-order chi connectivity index (χ1) is 7.41. The molecule has 0 radical (unpaired) electrons. The summed E-state index contributed by atoms with van der Waals surface area (Å²) in [4.78, 5) is 0. The first-order valence-electron chi connectivity index (χ1n) is 6.47. The summed E-state index contributed by atoms with van der Waals surface area (Å²) >= 11 is 0. The third-order valence-corrected chi connectivity index (χ3v) is 3.93. The van der Waals surface area contributed by atoms with E-state index in [4.69, 9.17) is 0 Å². The van der Waals surface area contributed by atoms with Gasteiger partial charge in [0.1, 0.15) is 0 Å². The smallest absolute Gasteiger partial charge is 0.171 e. The molecule has 0 aromatic heterocycles. The molecular formula is C14H25F3. The van der Waals surface area contributed by atoms with E-state index >= 15 is 0 Å². The zero-order valence-corrected chi connectivity index (χ0v) is 11.6. The predicted octanol–water partition coefficient (Wildman–Crippen LogP) is 5.43. The number of rotatable bonds is 4. The number of halogens is 3. The minimum Gasteiger partial charge on any atom is -0.171 e. The van der Waals surface area contributed by atoms with Gasteiger partial charge in [-0.25, -0.2) is 0 Å². The fourth-order valence-electron chi connectivity index (χ4n) is 2.83. The Balaban J connectivity index is 2.37. The maximum Gasteiger partial charge on any atom is 0.389 e. The van der Waals surface area contributed by atoms with Gasteiger partial charge in [0.05, 0.1) is 0 Å². The highest BCUT2D eigenvalue weighted by Crippen LogP contribution is 2.55. The highest BCUT2D eigenvalue weighted by Gasteiger charge is 2.47. The van der Waals surface area contributed by atoms with E-state index < -0.39 is 12.6 Å². The van der Waals surface area contributed by atoms with Crippen molar-refractivity contribution in [3.05, 3.63) is 0 Å². The molecule has 1 saturated carbocycles. The second-order valence-corrected chi connectivity index (χ2v) is 7.45.